The molecule has 0 aromatic heterocycles. The van der Waals surface area contributed by atoms with Gasteiger partial charge in [0.05, 0.1) is 6.10 Å². The topological polar surface area (TPSA) is 29.5 Å². The summed E-state index contributed by atoms with van der Waals surface area (Å²) in [6, 6.07) is 6.08. The Morgan fingerprint density at radius 3 is 2.87 bits per heavy atom. The zero-order valence-electron chi connectivity index (χ0n) is 9.58. The van der Waals surface area contributed by atoms with Crippen LogP contribution in [-0.4, -0.2) is 10.7 Å². The summed E-state index contributed by atoms with van der Waals surface area (Å²) in [5.74, 6) is 0.845. The predicted molar refractivity (Wildman–Crippen MR) is 60.1 cm³/mol. The summed E-state index contributed by atoms with van der Waals surface area (Å²) in [6.07, 6.45) is 1.26. The summed E-state index contributed by atoms with van der Waals surface area (Å²) >= 11 is 0. The van der Waals surface area contributed by atoms with E-state index in [-0.39, 0.29) is 5.60 Å². The van der Waals surface area contributed by atoms with Crippen molar-refractivity contribution in [1.29, 1.82) is 0 Å². The molecule has 1 atom stereocenters. The highest BCUT2D eigenvalue weighted by atomic mass is 16.5. The third-order valence-electron chi connectivity index (χ3n) is 2.92. The number of benzene rings is 1. The van der Waals surface area contributed by atoms with Gasteiger partial charge in [0.2, 0.25) is 0 Å². The van der Waals surface area contributed by atoms with Crippen molar-refractivity contribution >= 4 is 0 Å². The monoisotopic (exact) mass is 206 g/mol. The van der Waals surface area contributed by atoms with Gasteiger partial charge in [-0.3, -0.25) is 0 Å². The summed E-state index contributed by atoms with van der Waals surface area (Å²) in [7, 11) is 0. The van der Waals surface area contributed by atoms with E-state index in [2.05, 4.69) is 13.0 Å². The molecule has 0 spiro atoms. The van der Waals surface area contributed by atoms with Crippen molar-refractivity contribution in [1.82, 2.24) is 0 Å². The molecule has 1 aromatic rings. The zero-order chi connectivity index (χ0) is 11.1. The quantitative estimate of drug-likeness (QED) is 0.765. The van der Waals surface area contributed by atoms with Crippen molar-refractivity contribution in [2.24, 2.45) is 0 Å². The van der Waals surface area contributed by atoms with Gasteiger partial charge in [0.15, 0.2) is 0 Å². The van der Waals surface area contributed by atoms with E-state index in [1.807, 2.05) is 26.0 Å². The highest BCUT2D eigenvalue weighted by Crippen LogP contribution is 2.39. The van der Waals surface area contributed by atoms with Crippen molar-refractivity contribution in [2.45, 2.75) is 45.3 Å². The van der Waals surface area contributed by atoms with Gasteiger partial charge in [0.25, 0.3) is 0 Å². The van der Waals surface area contributed by atoms with Crippen LogP contribution in [0, 0.1) is 0 Å². The largest absolute Gasteiger partial charge is 0.487 e. The number of fused-ring (bicyclic) bond motifs is 1. The molecule has 1 aliphatic heterocycles. The molecule has 0 bridgehead atoms. The fourth-order valence-electron chi connectivity index (χ4n) is 2.08. The molecule has 82 valence electrons. The Hall–Kier alpha value is -1.02. The van der Waals surface area contributed by atoms with Gasteiger partial charge >= 0.3 is 0 Å². The summed E-state index contributed by atoms with van der Waals surface area (Å²) in [4.78, 5) is 0. The van der Waals surface area contributed by atoms with Crippen LogP contribution in [0.25, 0.3) is 0 Å². The number of aryl methyl sites for hydroxylation is 1. The highest BCUT2D eigenvalue weighted by molar-refractivity contribution is 5.41. The third kappa shape index (κ3) is 2.00. The van der Waals surface area contributed by atoms with E-state index in [0.717, 1.165) is 17.7 Å². The van der Waals surface area contributed by atoms with E-state index in [0.29, 0.717) is 6.42 Å². The molecule has 0 aliphatic carbocycles. The van der Waals surface area contributed by atoms with Crippen LogP contribution < -0.4 is 4.74 Å². The molecule has 1 unspecified atom stereocenters. The Balaban J connectivity index is 2.42. The Bertz CT molecular complexity index is 369. The van der Waals surface area contributed by atoms with Crippen molar-refractivity contribution in [3.05, 3.63) is 29.3 Å². The standard InChI is InChI=1S/C13H18O2/c1-4-9-5-6-10-11(14)8-13(2,3)15-12(10)7-9/h5-7,11,14H,4,8H2,1-3H3. The second kappa shape index (κ2) is 3.53. The molecular formula is C13H18O2. The van der Waals surface area contributed by atoms with Crippen LogP contribution in [-0.2, 0) is 6.42 Å². The molecule has 1 aromatic carbocycles. The minimum absolute atomic E-state index is 0.265. The molecular weight excluding hydrogens is 188 g/mol. The molecule has 15 heavy (non-hydrogen) atoms. The Morgan fingerprint density at radius 1 is 1.47 bits per heavy atom. The van der Waals surface area contributed by atoms with Crippen LogP contribution in [0.3, 0.4) is 0 Å². The van der Waals surface area contributed by atoms with E-state index in [1.165, 1.54) is 5.56 Å². The van der Waals surface area contributed by atoms with E-state index >= 15 is 0 Å². The van der Waals surface area contributed by atoms with Crippen molar-refractivity contribution < 1.29 is 9.84 Å². The van der Waals surface area contributed by atoms with E-state index in [1.54, 1.807) is 0 Å². The number of hydrogen-bond donors (Lipinski definition) is 1. The lowest BCUT2D eigenvalue weighted by Gasteiger charge is -2.35. The minimum atomic E-state index is -0.394. The molecule has 0 saturated carbocycles. The lowest BCUT2D eigenvalue weighted by molar-refractivity contribution is 0.0115. The number of aliphatic hydroxyl groups excluding tert-OH is 1. The third-order valence-corrected chi connectivity index (χ3v) is 2.92. The van der Waals surface area contributed by atoms with Crippen LogP contribution in [0.15, 0.2) is 18.2 Å². The second-order valence-corrected chi connectivity index (χ2v) is 4.81. The predicted octanol–water partition coefficient (Wildman–Crippen LogP) is 2.84. The lowest BCUT2D eigenvalue weighted by Crippen LogP contribution is -2.34. The first-order valence-electron chi connectivity index (χ1n) is 5.52. The Kier molecular flexibility index (Phi) is 2.47. The molecule has 2 nitrogen and oxygen atoms in total. The summed E-state index contributed by atoms with van der Waals surface area (Å²) in [5.41, 5.74) is 1.91. The molecule has 0 radical (unpaired) electrons. The van der Waals surface area contributed by atoms with Crippen molar-refractivity contribution in [3.8, 4) is 5.75 Å². The van der Waals surface area contributed by atoms with Gasteiger partial charge in [-0.15, -0.1) is 0 Å². The molecule has 1 heterocycles. The number of aliphatic hydroxyl groups is 1. The first-order chi connectivity index (χ1) is 7.02. The molecule has 1 N–H and O–H groups in total. The van der Waals surface area contributed by atoms with Crippen molar-refractivity contribution in [2.75, 3.05) is 0 Å². The minimum Gasteiger partial charge on any atom is -0.487 e. The van der Waals surface area contributed by atoms with Gasteiger partial charge in [-0.25, -0.2) is 0 Å². The summed E-state index contributed by atoms with van der Waals surface area (Å²) < 4.78 is 5.87. The van der Waals surface area contributed by atoms with Gasteiger partial charge in [0.1, 0.15) is 11.4 Å². The van der Waals surface area contributed by atoms with Gasteiger partial charge in [-0.2, -0.15) is 0 Å². The molecule has 2 rings (SSSR count). The van der Waals surface area contributed by atoms with Gasteiger partial charge in [0, 0.05) is 12.0 Å². The SMILES string of the molecule is CCc1ccc2c(c1)OC(C)(C)CC2O. The van der Waals surface area contributed by atoms with Gasteiger partial charge in [-0.05, 0) is 31.9 Å². The first kappa shape index (κ1) is 10.5. The molecule has 0 fully saturated rings. The summed E-state index contributed by atoms with van der Waals surface area (Å²) in [6.45, 7) is 6.14. The maximum Gasteiger partial charge on any atom is 0.126 e. The number of rotatable bonds is 1. The lowest BCUT2D eigenvalue weighted by atomic mass is 9.91. The number of hydrogen-bond acceptors (Lipinski definition) is 2. The zero-order valence-corrected chi connectivity index (χ0v) is 9.58. The normalized spacial score (nSPS) is 23.1. The second-order valence-electron chi connectivity index (χ2n) is 4.81. The van der Waals surface area contributed by atoms with E-state index < -0.39 is 6.10 Å². The maximum absolute atomic E-state index is 9.98. The van der Waals surface area contributed by atoms with E-state index in [4.69, 9.17) is 4.74 Å². The number of ether oxygens (including phenoxy) is 1. The molecule has 2 heteroatoms. The first-order valence-corrected chi connectivity index (χ1v) is 5.52. The fourth-order valence-corrected chi connectivity index (χ4v) is 2.08. The van der Waals surface area contributed by atoms with Gasteiger partial charge in [-0.1, -0.05) is 19.1 Å². The molecule has 1 aliphatic rings. The van der Waals surface area contributed by atoms with Crippen LogP contribution >= 0.6 is 0 Å². The van der Waals surface area contributed by atoms with Crippen molar-refractivity contribution in [3.63, 3.8) is 0 Å². The average Bonchev–Trinajstić information content (AvgIpc) is 2.14. The average molecular weight is 206 g/mol. The van der Waals surface area contributed by atoms with E-state index in [9.17, 15) is 5.11 Å². The van der Waals surface area contributed by atoms with Crippen LogP contribution in [0.2, 0.25) is 0 Å². The molecule has 0 saturated heterocycles. The van der Waals surface area contributed by atoms with Crippen LogP contribution in [0.1, 0.15) is 44.4 Å². The maximum atomic E-state index is 9.98. The molecule has 0 amide bonds. The van der Waals surface area contributed by atoms with Crippen LogP contribution in [0.5, 0.6) is 5.75 Å². The summed E-state index contributed by atoms with van der Waals surface area (Å²) in [5, 5.41) is 9.98. The highest BCUT2D eigenvalue weighted by Gasteiger charge is 2.32. The van der Waals surface area contributed by atoms with Crippen LogP contribution in [0.4, 0.5) is 0 Å². The Labute approximate surface area is 90.9 Å². The van der Waals surface area contributed by atoms with Gasteiger partial charge < -0.3 is 9.84 Å². The fraction of sp³-hybridized carbons (Fsp3) is 0.538. The Morgan fingerprint density at radius 2 is 2.20 bits per heavy atom. The smallest absolute Gasteiger partial charge is 0.126 e.